The summed E-state index contributed by atoms with van der Waals surface area (Å²) in [5.41, 5.74) is 6.11. The summed E-state index contributed by atoms with van der Waals surface area (Å²) < 4.78 is 13.0. The molecule has 0 aromatic heterocycles. The third-order valence-corrected chi connectivity index (χ3v) is 1.87. The highest BCUT2D eigenvalue weighted by Gasteiger charge is 2.05. The highest BCUT2D eigenvalue weighted by Crippen LogP contribution is 2.13. The smallest absolute Gasteiger partial charge is 0.115 e. The minimum atomic E-state index is -0.880. The zero-order valence-corrected chi connectivity index (χ0v) is 7.41. The van der Waals surface area contributed by atoms with Crippen LogP contribution in [-0.4, -0.2) is 17.8 Å². The minimum Gasteiger partial charge on any atom is -0.508 e. The van der Waals surface area contributed by atoms with Gasteiger partial charge < -0.3 is 10.8 Å². The predicted molar refractivity (Wildman–Crippen MR) is 50.4 cm³/mol. The second kappa shape index (κ2) is 4.82. The predicted octanol–water partition coefficient (Wildman–Crippen LogP) is 1.62. The van der Waals surface area contributed by atoms with Crippen LogP contribution in [0, 0.1) is 0 Å². The number of benzene rings is 1. The normalized spacial score (nSPS) is 12.8. The van der Waals surface area contributed by atoms with E-state index in [0.29, 0.717) is 19.4 Å². The van der Waals surface area contributed by atoms with Gasteiger partial charge in [-0.15, -0.1) is 0 Å². The Morgan fingerprint density at radius 2 is 1.92 bits per heavy atom. The van der Waals surface area contributed by atoms with Gasteiger partial charge in [-0.05, 0) is 30.7 Å². The lowest BCUT2D eigenvalue weighted by Gasteiger charge is -2.06. The van der Waals surface area contributed by atoms with Crippen molar-refractivity contribution in [1.82, 2.24) is 0 Å². The van der Waals surface area contributed by atoms with E-state index in [2.05, 4.69) is 0 Å². The summed E-state index contributed by atoms with van der Waals surface area (Å²) in [6, 6.07) is 6.56. The van der Waals surface area contributed by atoms with Crippen LogP contribution < -0.4 is 5.73 Å². The summed E-state index contributed by atoms with van der Waals surface area (Å²) in [5, 5.41) is 8.98. The summed E-state index contributed by atoms with van der Waals surface area (Å²) in [5.74, 6) is 0.206. The maximum Gasteiger partial charge on any atom is 0.115 e. The van der Waals surface area contributed by atoms with Crippen molar-refractivity contribution in [3.63, 3.8) is 0 Å². The summed E-state index contributed by atoms with van der Waals surface area (Å²) >= 11 is 0. The van der Waals surface area contributed by atoms with E-state index in [0.717, 1.165) is 5.56 Å². The number of hydrogen-bond donors (Lipinski definition) is 2. The number of phenols is 1. The molecule has 1 unspecified atom stereocenters. The van der Waals surface area contributed by atoms with Gasteiger partial charge in [-0.3, -0.25) is 0 Å². The summed E-state index contributed by atoms with van der Waals surface area (Å²) in [7, 11) is 0. The Kier molecular flexibility index (Phi) is 3.71. The standard InChI is InChI=1S/C10H14FNO/c11-9(5-6-12)7-8-1-3-10(13)4-2-8/h1-4,9,13H,5-7,12H2. The second-order valence-electron chi connectivity index (χ2n) is 3.05. The van der Waals surface area contributed by atoms with Gasteiger partial charge in [0.1, 0.15) is 11.9 Å². The Morgan fingerprint density at radius 1 is 1.31 bits per heavy atom. The highest BCUT2D eigenvalue weighted by atomic mass is 19.1. The first kappa shape index (κ1) is 9.99. The molecule has 0 heterocycles. The number of hydrogen-bond acceptors (Lipinski definition) is 2. The third kappa shape index (κ3) is 3.42. The number of aromatic hydroxyl groups is 1. The van der Waals surface area contributed by atoms with Crippen LogP contribution in [0.5, 0.6) is 5.75 Å². The Hall–Kier alpha value is -1.09. The zero-order valence-electron chi connectivity index (χ0n) is 7.41. The molecule has 0 fully saturated rings. The Morgan fingerprint density at radius 3 is 2.46 bits per heavy atom. The van der Waals surface area contributed by atoms with E-state index in [1.165, 1.54) is 0 Å². The number of rotatable bonds is 4. The molecule has 1 aromatic rings. The van der Waals surface area contributed by atoms with Gasteiger partial charge >= 0.3 is 0 Å². The van der Waals surface area contributed by atoms with Crippen LogP contribution in [0.3, 0.4) is 0 Å². The van der Waals surface area contributed by atoms with Crippen molar-refractivity contribution in [1.29, 1.82) is 0 Å². The molecule has 0 amide bonds. The molecule has 0 radical (unpaired) electrons. The molecular weight excluding hydrogens is 169 g/mol. The van der Waals surface area contributed by atoms with Crippen LogP contribution in [0.2, 0.25) is 0 Å². The van der Waals surface area contributed by atoms with Gasteiger partial charge in [-0.2, -0.15) is 0 Å². The molecule has 0 saturated carbocycles. The monoisotopic (exact) mass is 183 g/mol. The highest BCUT2D eigenvalue weighted by molar-refractivity contribution is 5.26. The molecule has 3 heteroatoms. The summed E-state index contributed by atoms with van der Waals surface area (Å²) in [6.07, 6.45) is -0.118. The molecular formula is C10H14FNO. The van der Waals surface area contributed by atoms with Gasteiger partial charge in [0, 0.05) is 6.42 Å². The van der Waals surface area contributed by atoms with Crippen molar-refractivity contribution < 1.29 is 9.50 Å². The van der Waals surface area contributed by atoms with Crippen LogP contribution in [0.15, 0.2) is 24.3 Å². The quantitative estimate of drug-likeness (QED) is 0.745. The van der Waals surface area contributed by atoms with Crippen molar-refractivity contribution in [2.75, 3.05) is 6.54 Å². The molecule has 0 spiro atoms. The van der Waals surface area contributed by atoms with Gasteiger partial charge in [0.2, 0.25) is 0 Å². The molecule has 1 atom stereocenters. The van der Waals surface area contributed by atoms with E-state index in [-0.39, 0.29) is 5.75 Å². The van der Waals surface area contributed by atoms with Gasteiger partial charge in [0.05, 0.1) is 0 Å². The van der Waals surface area contributed by atoms with Crippen molar-refractivity contribution in [3.8, 4) is 5.75 Å². The van der Waals surface area contributed by atoms with Crippen molar-refractivity contribution >= 4 is 0 Å². The summed E-state index contributed by atoms with van der Waals surface area (Å²) in [4.78, 5) is 0. The van der Waals surface area contributed by atoms with E-state index < -0.39 is 6.17 Å². The molecule has 0 aliphatic rings. The average Bonchev–Trinajstić information content (AvgIpc) is 2.09. The Labute approximate surface area is 77.2 Å². The fraction of sp³-hybridized carbons (Fsp3) is 0.400. The van der Waals surface area contributed by atoms with Crippen LogP contribution in [-0.2, 0) is 6.42 Å². The molecule has 72 valence electrons. The van der Waals surface area contributed by atoms with Gasteiger partial charge in [0.25, 0.3) is 0 Å². The van der Waals surface area contributed by atoms with Crippen LogP contribution >= 0.6 is 0 Å². The number of alkyl halides is 1. The van der Waals surface area contributed by atoms with Gasteiger partial charge in [-0.1, -0.05) is 12.1 Å². The second-order valence-corrected chi connectivity index (χ2v) is 3.05. The third-order valence-electron chi connectivity index (χ3n) is 1.87. The Bertz CT molecular complexity index is 248. The largest absolute Gasteiger partial charge is 0.508 e. The molecule has 0 saturated heterocycles. The van der Waals surface area contributed by atoms with E-state index in [4.69, 9.17) is 10.8 Å². The topological polar surface area (TPSA) is 46.2 Å². The van der Waals surface area contributed by atoms with E-state index in [9.17, 15) is 4.39 Å². The van der Waals surface area contributed by atoms with Crippen LogP contribution in [0.4, 0.5) is 4.39 Å². The molecule has 2 nitrogen and oxygen atoms in total. The molecule has 0 bridgehead atoms. The molecule has 0 aliphatic carbocycles. The summed E-state index contributed by atoms with van der Waals surface area (Å²) in [6.45, 7) is 0.374. The first-order chi connectivity index (χ1) is 6.22. The maximum absolute atomic E-state index is 13.0. The average molecular weight is 183 g/mol. The zero-order chi connectivity index (χ0) is 9.68. The molecule has 0 aliphatic heterocycles. The van der Waals surface area contributed by atoms with Crippen molar-refractivity contribution in [3.05, 3.63) is 29.8 Å². The first-order valence-corrected chi connectivity index (χ1v) is 4.34. The Balaban J connectivity index is 2.49. The number of nitrogens with two attached hydrogens (primary N) is 1. The lowest BCUT2D eigenvalue weighted by molar-refractivity contribution is 0.316. The van der Waals surface area contributed by atoms with Crippen LogP contribution in [0.25, 0.3) is 0 Å². The first-order valence-electron chi connectivity index (χ1n) is 4.34. The SMILES string of the molecule is NCCC(F)Cc1ccc(O)cc1. The van der Waals surface area contributed by atoms with Gasteiger partial charge in [-0.25, -0.2) is 4.39 Å². The molecule has 3 N–H and O–H groups in total. The maximum atomic E-state index is 13.0. The molecule has 1 aromatic carbocycles. The fourth-order valence-electron chi connectivity index (χ4n) is 1.17. The van der Waals surface area contributed by atoms with Gasteiger partial charge in [0.15, 0.2) is 0 Å². The number of halogens is 1. The van der Waals surface area contributed by atoms with E-state index in [1.807, 2.05) is 0 Å². The molecule has 1 rings (SSSR count). The van der Waals surface area contributed by atoms with Crippen molar-refractivity contribution in [2.24, 2.45) is 5.73 Å². The number of phenolic OH excluding ortho intramolecular Hbond substituents is 1. The lowest BCUT2D eigenvalue weighted by Crippen LogP contribution is -2.11. The minimum absolute atomic E-state index is 0.206. The van der Waals surface area contributed by atoms with Crippen molar-refractivity contribution in [2.45, 2.75) is 19.0 Å². The van der Waals surface area contributed by atoms with E-state index >= 15 is 0 Å². The fourth-order valence-corrected chi connectivity index (χ4v) is 1.17. The van der Waals surface area contributed by atoms with Crippen LogP contribution in [0.1, 0.15) is 12.0 Å². The van der Waals surface area contributed by atoms with E-state index in [1.54, 1.807) is 24.3 Å². The molecule has 13 heavy (non-hydrogen) atoms. The lowest BCUT2D eigenvalue weighted by atomic mass is 10.1.